The van der Waals surface area contributed by atoms with Gasteiger partial charge in [-0.1, -0.05) is 46.6 Å². The highest BCUT2D eigenvalue weighted by Crippen LogP contribution is 2.33. The molecule has 1 aromatic carbocycles. The Hall–Kier alpha value is -1.19. The van der Waals surface area contributed by atoms with Crippen LogP contribution in [0.2, 0.25) is 0 Å². The number of benzene rings is 1. The molecular formula is C16H19BrN2. The first kappa shape index (κ1) is 14.2. The van der Waals surface area contributed by atoms with Crippen molar-refractivity contribution in [2.45, 2.75) is 25.8 Å². The Balaban J connectivity index is 2.37. The molecule has 2 unspecified atom stereocenters. The summed E-state index contributed by atoms with van der Waals surface area (Å²) in [5.74, 6) is 0.310. The number of aromatic nitrogens is 1. The van der Waals surface area contributed by atoms with Crippen LogP contribution in [0.25, 0.3) is 0 Å². The molecule has 2 atom stereocenters. The molecule has 0 saturated heterocycles. The van der Waals surface area contributed by atoms with Crippen molar-refractivity contribution in [2.75, 3.05) is 7.05 Å². The first-order valence-electron chi connectivity index (χ1n) is 6.47. The second kappa shape index (κ2) is 6.31. The number of nitrogens with zero attached hydrogens (tertiary/aromatic N) is 1. The van der Waals surface area contributed by atoms with E-state index in [1.165, 1.54) is 11.1 Å². The van der Waals surface area contributed by atoms with Gasteiger partial charge in [0.15, 0.2) is 0 Å². The van der Waals surface area contributed by atoms with Gasteiger partial charge < -0.3 is 5.32 Å². The molecule has 2 nitrogen and oxygen atoms in total. The normalized spacial score (nSPS) is 14.1. The largest absolute Gasteiger partial charge is 0.312 e. The fourth-order valence-corrected chi connectivity index (χ4v) is 2.89. The van der Waals surface area contributed by atoms with Crippen LogP contribution in [-0.4, -0.2) is 12.0 Å². The van der Waals surface area contributed by atoms with E-state index in [-0.39, 0.29) is 6.04 Å². The molecule has 0 amide bonds. The number of likely N-dealkylation sites (N-methyl/N-ethyl adjacent to an activating group) is 1. The van der Waals surface area contributed by atoms with Gasteiger partial charge in [-0.25, -0.2) is 0 Å². The summed E-state index contributed by atoms with van der Waals surface area (Å²) in [4.78, 5) is 4.47. The zero-order chi connectivity index (χ0) is 13.8. The standard InChI is InChI=1S/C16H19BrN2/c1-11-7-8-14(17)13(10-11)16(18-3)12(2)15-6-4-5-9-19-15/h4-10,12,16,18H,1-3H3. The van der Waals surface area contributed by atoms with Crippen LogP contribution >= 0.6 is 15.9 Å². The zero-order valence-electron chi connectivity index (χ0n) is 11.5. The van der Waals surface area contributed by atoms with E-state index in [2.05, 4.69) is 64.3 Å². The highest BCUT2D eigenvalue weighted by molar-refractivity contribution is 9.10. The monoisotopic (exact) mass is 318 g/mol. The van der Waals surface area contributed by atoms with E-state index in [0.717, 1.165) is 10.2 Å². The molecule has 0 spiro atoms. The second-order valence-corrected chi connectivity index (χ2v) is 5.69. The van der Waals surface area contributed by atoms with Gasteiger partial charge in [0.2, 0.25) is 0 Å². The number of rotatable bonds is 4. The van der Waals surface area contributed by atoms with E-state index < -0.39 is 0 Å². The first-order chi connectivity index (χ1) is 9.13. The van der Waals surface area contributed by atoms with Gasteiger partial charge in [0.05, 0.1) is 0 Å². The van der Waals surface area contributed by atoms with E-state index in [1.54, 1.807) is 0 Å². The van der Waals surface area contributed by atoms with Gasteiger partial charge in [-0.15, -0.1) is 0 Å². The van der Waals surface area contributed by atoms with Gasteiger partial charge in [0, 0.05) is 28.3 Å². The van der Waals surface area contributed by atoms with Crippen molar-refractivity contribution >= 4 is 15.9 Å². The third-order valence-corrected chi connectivity index (χ3v) is 4.17. The molecule has 19 heavy (non-hydrogen) atoms. The molecule has 1 aromatic heterocycles. The van der Waals surface area contributed by atoms with Crippen LogP contribution in [0.4, 0.5) is 0 Å². The smallest absolute Gasteiger partial charge is 0.0450 e. The summed E-state index contributed by atoms with van der Waals surface area (Å²) in [6, 6.07) is 12.8. The second-order valence-electron chi connectivity index (χ2n) is 4.83. The number of aryl methyl sites for hydroxylation is 1. The van der Waals surface area contributed by atoms with Crippen LogP contribution < -0.4 is 5.32 Å². The molecule has 1 heterocycles. The number of halogens is 1. The Morgan fingerprint density at radius 1 is 1.21 bits per heavy atom. The zero-order valence-corrected chi connectivity index (χ0v) is 13.1. The molecule has 0 saturated carbocycles. The van der Waals surface area contributed by atoms with E-state index in [9.17, 15) is 0 Å². The molecule has 0 radical (unpaired) electrons. The molecule has 100 valence electrons. The Morgan fingerprint density at radius 2 is 2.00 bits per heavy atom. The van der Waals surface area contributed by atoms with Gasteiger partial charge in [0.25, 0.3) is 0 Å². The Morgan fingerprint density at radius 3 is 2.63 bits per heavy atom. The topological polar surface area (TPSA) is 24.9 Å². The molecule has 0 fully saturated rings. The van der Waals surface area contributed by atoms with Crippen molar-refractivity contribution in [3.05, 3.63) is 63.9 Å². The van der Waals surface area contributed by atoms with Crippen LogP contribution in [0.15, 0.2) is 47.1 Å². The minimum atomic E-state index is 0.240. The SMILES string of the molecule is CNC(c1cc(C)ccc1Br)C(C)c1ccccn1. The number of hydrogen-bond acceptors (Lipinski definition) is 2. The lowest BCUT2D eigenvalue weighted by molar-refractivity contribution is 0.497. The average Bonchev–Trinajstić information content (AvgIpc) is 2.44. The molecule has 2 rings (SSSR count). The fourth-order valence-electron chi connectivity index (χ4n) is 2.39. The lowest BCUT2D eigenvalue weighted by Crippen LogP contribution is -2.23. The summed E-state index contributed by atoms with van der Waals surface area (Å²) in [6.45, 7) is 4.33. The summed E-state index contributed by atoms with van der Waals surface area (Å²) in [5, 5.41) is 3.41. The summed E-state index contributed by atoms with van der Waals surface area (Å²) in [6.07, 6.45) is 1.85. The fraction of sp³-hybridized carbons (Fsp3) is 0.312. The minimum Gasteiger partial charge on any atom is -0.312 e. The molecule has 3 heteroatoms. The molecule has 1 N–H and O–H groups in total. The molecule has 0 aliphatic rings. The molecule has 0 aliphatic carbocycles. The van der Waals surface area contributed by atoms with Gasteiger partial charge in [-0.05, 0) is 37.7 Å². The van der Waals surface area contributed by atoms with E-state index in [0.29, 0.717) is 5.92 Å². The third kappa shape index (κ3) is 3.23. The lowest BCUT2D eigenvalue weighted by Gasteiger charge is -2.25. The number of pyridine rings is 1. The third-order valence-electron chi connectivity index (χ3n) is 3.45. The first-order valence-corrected chi connectivity index (χ1v) is 7.27. The Kier molecular flexibility index (Phi) is 4.72. The van der Waals surface area contributed by atoms with Crippen molar-refractivity contribution in [3.63, 3.8) is 0 Å². The maximum atomic E-state index is 4.47. The highest BCUT2D eigenvalue weighted by atomic mass is 79.9. The minimum absolute atomic E-state index is 0.240. The van der Waals surface area contributed by atoms with Crippen LogP contribution in [0.3, 0.4) is 0 Å². The van der Waals surface area contributed by atoms with E-state index in [1.807, 2.05) is 25.4 Å². The van der Waals surface area contributed by atoms with Crippen LogP contribution in [-0.2, 0) is 0 Å². The van der Waals surface area contributed by atoms with Gasteiger partial charge in [0.1, 0.15) is 0 Å². The molecule has 0 aliphatic heterocycles. The number of hydrogen-bond donors (Lipinski definition) is 1. The molecule has 2 aromatic rings. The van der Waals surface area contributed by atoms with Crippen molar-refractivity contribution in [1.29, 1.82) is 0 Å². The highest BCUT2D eigenvalue weighted by Gasteiger charge is 2.22. The van der Waals surface area contributed by atoms with E-state index >= 15 is 0 Å². The van der Waals surface area contributed by atoms with Crippen molar-refractivity contribution in [1.82, 2.24) is 10.3 Å². The summed E-state index contributed by atoms with van der Waals surface area (Å²) in [5.41, 5.74) is 3.66. The quantitative estimate of drug-likeness (QED) is 0.913. The Bertz CT molecular complexity index is 540. The maximum Gasteiger partial charge on any atom is 0.0450 e. The van der Waals surface area contributed by atoms with Crippen molar-refractivity contribution in [2.24, 2.45) is 0 Å². The van der Waals surface area contributed by atoms with Crippen LogP contribution in [0.5, 0.6) is 0 Å². The molecule has 0 bridgehead atoms. The Labute approximate surface area is 123 Å². The van der Waals surface area contributed by atoms with Gasteiger partial charge in [-0.2, -0.15) is 0 Å². The van der Waals surface area contributed by atoms with Gasteiger partial charge in [-0.3, -0.25) is 4.98 Å². The summed E-state index contributed by atoms with van der Waals surface area (Å²) >= 11 is 3.65. The summed E-state index contributed by atoms with van der Waals surface area (Å²) in [7, 11) is 2.00. The van der Waals surface area contributed by atoms with E-state index in [4.69, 9.17) is 0 Å². The maximum absolute atomic E-state index is 4.47. The van der Waals surface area contributed by atoms with Crippen molar-refractivity contribution < 1.29 is 0 Å². The average molecular weight is 319 g/mol. The predicted octanol–water partition coefficient (Wildman–Crippen LogP) is 4.22. The van der Waals surface area contributed by atoms with Crippen LogP contribution in [0, 0.1) is 6.92 Å². The summed E-state index contributed by atoms with van der Waals surface area (Å²) < 4.78 is 1.14. The van der Waals surface area contributed by atoms with Gasteiger partial charge >= 0.3 is 0 Å². The predicted molar refractivity (Wildman–Crippen MR) is 83.3 cm³/mol. The lowest BCUT2D eigenvalue weighted by atomic mass is 9.91. The molecular weight excluding hydrogens is 300 g/mol. The van der Waals surface area contributed by atoms with Crippen LogP contribution in [0.1, 0.15) is 35.7 Å². The van der Waals surface area contributed by atoms with Crippen molar-refractivity contribution in [3.8, 4) is 0 Å². The number of nitrogens with one attached hydrogen (secondary N) is 1.